The van der Waals surface area contributed by atoms with Gasteiger partial charge < -0.3 is 10.1 Å². The van der Waals surface area contributed by atoms with E-state index in [4.69, 9.17) is 16.7 Å². The Balaban J connectivity index is 3.20. The van der Waals surface area contributed by atoms with Gasteiger partial charge in [-0.05, 0) is 24.1 Å². The number of hydrogen-bond donors (Lipinski definition) is 2. The molecule has 1 heterocycles. The molecule has 0 aliphatic heterocycles. The van der Waals surface area contributed by atoms with E-state index in [9.17, 15) is 14.4 Å². The van der Waals surface area contributed by atoms with Gasteiger partial charge in [0, 0.05) is 11.8 Å². The lowest BCUT2D eigenvalue weighted by atomic mass is 10.1. The Morgan fingerprint density at radius 3 is 2.36 bits per heavy atom. The number of hydrogen-bond acceptors (Lipinski definition) is 3. The number of H-pyrrole nitrogens is 1. The van der Waals surface area contributed by atoms with Gasteiger partial charge in [-0.25, -0.2) is 4.79 Å². The highest BCUT2D eigenvalue weighted by molar-refractivity contribution is 6.83. The zero-order chi connectivity index (χ0) is 10.9. The predicted molar refractivity (Wildman–Crippen MR) is 47.7 cm³/mol. The minimum Gasteiger partial charge on any atom is -0.477 e. The van der Waals surface area contributed by atoms with Gasteiger partial charge >= 0.3 is 5.97 Å². The van der Waals surface area contributed by atoms with Crippen LogP contribution in [0.2, 0.25) is 0 Å². The maximum absolute atomic E-state index is 11.1. The Hall–Kier alpha value is -1.62. The van der Waals surface area contributed by atoms with Crippen LogP contribution in [-0.4, -0.2) is 27.1 Å². The normalized spacial score (nSPS) is 9.86. The number of ketones is 1. The van der Waals surface area contributed by atoms with Gasteiger partial charge in [0.15, 0.2) is 0 Å². The summed E-state index contributed by atoms with van der Waals surface area (Å²) >= 11 is 4.97. The molecule has 0 fully saturated rings. The first-order chi connectivity index (χ1) is 6.45. The molecule has 0 saturated carbocycles. The number of aromatic carboxylic acids is 1. The number of carboxylic acids is 1. The van der Waals surface area contributed by atoms with Crippen LogP contribution >= 0.6 is 11.6 Å². The highest BCUT2D eigenvalue weighted by Gasteiger charge is 2.21. The Labute approximate surface area is 83.7 Å². The molecule has 74 valence electrons. The Morgan fingerprint density at radius 1 is 1.43 bits per heavy atom. The molecule has 0 unspecified atom stereocenters. The number of carbonyl (C=O) groups excluding carboxylic acids is 2. The second-order valence-electron chi connectivity index (χ2n) is 2.61. The second kappa shape index (κ2) is 3.63. The minimum atomic E-state index is -1.19. The summed E-state index contributed by atoms with van der Waals surface area (Å²) in [6.45, 7) is 1.42. The van der Waals surface area contributed by atoms with Crippen molar-refractivity contribution in [3.8, 4) is 0 Å². The summed E-state index contributed by atoms with van der Waals surface area (Å²) in [5.74, 6) is -2.10. The fraction of sp³-hybridized carbons (Fsp3) is 0.125. The van der Waals surface area contributed by atoms with E-state index in [0.29, 0.717) is 0 Å². The second-order valence-corrected chi connectivity index (χ2v) is 2.95. The lowest BCUT2D eigenvalue weighted by Gasteiger charge is -1.94. The van der Waals surface area contributed by atoms with E-state index in [0.717, 1.165) is 6.20 Å². The van der Waals surface area contributed by atoms with Gasteiger partial charge in [0.25, 0.3) is 5.24 Å². The van der Waals surface area contributed by atoms with Gasteiger partial charge in [0.2, 0.25) is 5.78 Å². The number of aromatic nitrogens is 1. The third-order valence-electron chi connectivity index (χ3n) is 1.78. The van der Waals surface area contributed by atoms with Crippen molar-refractivity contribution in [3.05, 3.63) is 23.0 Å². The van der Waals surface area contributed by atoms with Crippen molar-refractivity contribution in [2.75, 3.05) is 0 Å². The maximum atomic E-state index is 11.1. The number of halogens is 1. The average molecular weight is 216 g/mol. The Morgan fingerprint density at radius 2 is 2.00 bits per heavy atom. The van der Waals surface area contributed by atoms with E-state index in [1.54, 1.807) is 0 Å². The molecule has 0 radical (unpaired) electrons. The molecule has 14 heavy (non-hydrogen) atoms. The fourth-order valence-electron chi connectivity index (χ4n) is 1.06. The van der Waals surface area contributed by atoms with E-state index < -0.39 is 17.0 Å². The van der Waals surface area contributed by atoms with Crippen LogP contribution in [0.15, 0.2) is 6.20 Å². The van der Waals surface area contributed by atoms with Crippen molar-refractivity contribution >= 4 is 28.6 Å². The van der Waals surface area contributed by atoms with Crippen LogP contribution in [0.3, 0.4) is 0 Å². The number of aromatic amines is 1. The van der Waals surface area contributed by atoms with E-state index in [2.05, 4.69) is 4.98 Å². The number of carboxylic acid groups (broad SMARTS) is 1. The number of carbonyl (C=O) groups is 3. The molecule has 0 atom stereocenters. The van der Waals surface area contributed by atoms with Gasteiger partial charge in [-0.2, -0.15) is 0 Å². The third kappa shape index (κ3) is 1.67. The largest absolute Gasteiger partial charge is 0.477 e. The molecule has 0 bridgehead atoms. The summed E-state index contributed by atoms with van der Waals surface area (Å²) in [6.07, 6.45) is 1.15. The molecule has 1 rings (SSSR count). The first kappa shape index (κ1) is 10.5. The topological polar surface area (TPSA) is 87.2 Å². The van der Waals surface area contributed by atoms with Gasteiger partial charge in [-0.15, -0.1) is 0 Å². The Kier molecular flexibility index (Phi) is 2.71. The molecule has 0 saturated heterocycles. The van der Waals surface area contributed by atoms with E-state index >= 15 is 0 Å². The molecular formula is C8H6ClNO4. The lowest BCUT2D eigenvalue weighted by molar-refractivity contribution is -0.108. The first-order valence-corrected chi connectivity index (χ1v) is 3.98. The van der Waals surface area contributed by atoms with Gasteiger partial charge in [0.1, 0.15) is 5.69 Å². The summed E-state index contributed by atoms with van der Waals surface area (Å²) in [4.78, 5) is 34.6. The molecule has 0 aromatic carbocycles. The lowest BCUT2D eigenvalue weighted by Crippen LogP contribution is -2.08. The van der Waals surface area contributed by atoms with Gasteiger partial charge in [-0.1, -0.05) is 0 Å². The molecule has 1 aromatic heterocycles. The van der Waals surface area contributed by atoms with E-state index in [-0.39, 0.29) is 16.8 Å². The third-order valence-corrected chi connectivity index (χ3v) is 1.95. The molecular weight excluding hydrogens is 210 g/mol. The van der Waals surface area contributed by atoms with Crippen LogP contribution in [0.1, 0.15) is 26.4 Å². The first-order valence-electron chi connectivity index (χ1n) is 3.60. The van der Waals surface area contributed by atoms with Crippen molar-refractivity contribution in [1.29, 1.82) is 0 Å². The molecule has 6 heteroatoms. The number of rotatable bonds is 3. The summed E-state index contributed by atoms with van der Waals surface area (Å²) in [5, 5.41) is 7.50. The summed E-state index contributed by atoms with van der Waals surface area (Å²) < 4.78 is 0. The zero-order valence-corrected chi connectivity index (χ0v) is 7.88. The SMILES string of the molecule is Cc1c(C(=O)C(=O)Cl)c[nH]c1C(=O)O. The van der Waals surface area contributed by atoms with Crippen molar-refractivity contribution in [2.24, 2.45) is 0 Å². The van der Waals surface area contributed by atoms with Crippen molar-refractivity contribution < 1.29 is 19.5 Å². The standard InChI is InChI=1S/C8H6ClNO4/c1-3-4(6(11)7(9)12)2-10-5(3)8(13)14/h2,10H,1H3,(H,13,14). The van der Waals surface area contributed by atoms with E-state index in [1.807, 2.05) is 0 Å². The van der Waals surface area contributed by atoms with Crippen LogP contribution in [0.4, 0.5) is 0 Å². The Bertz CT molecular complexity index is 421. The van der Waals surface area contributed by atoms with Crippen LogP contribution in [-0.2, 0) is 4.79 Å². The van der Waals surface area contributed by atoms with E-state index in [1.165, 1.54) is 6.92 Å². The minimum absolute atomic E-state index is 0.0117. The van der Waals surface area contributed by atoms with Crippen LogP contribution < -0.4 is 0 Å². The highest BCUT2D eigenvalue weighted by atomic mass is 35.5. The predicted octanol–water partition coefficient (Wildman–Crippen LogP) is 0.969. The smallest absolute Gasteiger partial charge is 0.352 e. The summed E-state index contributed by atoms with van der Waals surface area (Å²) in [6, 6.07) is 0. The van der Waals surface area contributed by atoms with Crippen molar-refractivity contribution in [3.63, 3.8) is 0 Å². The monoisotopic (exact) mass is 215 g/mol. The molecule has 1 aromatic rings. The highest BCUT2D eigenvalue weighted by Crippen LogP contribution is 2.14. The van der Waals surface area contributed by atoms with Crippen LogP contribution in [0.5, 0.6) is 0 Å². The fourth-order valence-corrected chi connectivity index (χ4v) is 1.16. The maximum Gasteiger partial charge on any atom is 0.352 e. The quantitative estimate of drug-likeness (QED) is 0.447. The summed E-state index contributed by atoms with van der Waals surface area (Å²) in [5.41, 5.74) is 0.0742. The molecule has 0 aliphatic rings. The van der Waals surface area contributed by atoms with Crippen molar-refractivity contribution in [2.45, 2.75) is 6.92 Å². The average Bonchev–Trinajstić information content (AvgIpc) is 2.45. The van der Waals surface area contributed by atoms with Gasteiger partial charge in [-0.3, -0.25) is 9.59 Å². The van der Waals surface area contributed by atoms with Gasteiger partial charge in [0.05, 0.1) is 0 Å². The molecule has 0 amide bonds. The number of Topliss-reactive ketones (excluding diaryl/α,β-unsaturated/α-hetero) is 1. The zero-order valence-electron chi connectivity index (χ0n) is 7.13. The number of nitrogens with one attached hydrogen (secondary N) is 1. The summed E-state index contributed by atoms with van der Waals surface area (Å²) in [7, 11) is 0. The molecule has 0 spiro atoms. The van der Waals surface area contributed by atoms with Crippen molar-refractivity contribution in [1.82, 2.24) is 4.98 Å². The molecule has 0 aliphatic carbocycles. The molecule has 2 N–H and O–H groups in total. The van der Waals surface area contributed by atoms with Crippen LogP contribution in [0, 0.1) is 6.92 Å². The molecule has 5 nitrogen and oxygen atoms in total. The van der Waals surface area contributed by atoms with Crippen LogP contribution in [0.25, 0.3) is 0 Å².